The standard InChI is InChI=1S/C13H14N2O3S/c1-4-11(16)14-13-15(2)9-6-5-8(12(17)18-3)7-10(9)19-13/h5-7H,4H2,1-3H3. The number of rotatable bonds is 2. The maximum Gasteiger partial charge on any atom is 0.337 e. The molecule has 6 heteroatoms. The Labute approximate surface area is 114 Å². The molecular formula is C13H14N2O3S. The van der Waals surface area contributed by atoms with E-state index >= 15 is 0 Å². The predicted octanol–water partition coefficient (Wildman–Crippen LogP) is 1.86. The van der Waals surface area contributed by atoms with E-state index in [1.165, 1.54) is 18.4 Å². The van der Waals surface area contributed by atoms with Crippen molar-refractivity contribution in [3.05, 3.63) is 28.6 Å². The molecule has 0 unspecified atom stereocenters. The summed E-state index contributed by atoms with van der Waals surface area (Å²) in [6, 6.07) is 5.28. The molecule has 0 saturated carbocycles. The molecule has 0 spiro atoms. The summed E-state index contributed by atoms with van der Waals surface area (Å²) in [5, 5.41) is 0. The second kappa shape index (κ2) is 5.36. The number of nitrogens with zero attached hydrogens (tertiary/aromatic N) is 2. The van der Waals surface area contributed by atoms with Crippen LogP contribution in [0.25, 0.3) is 10.2 Å². The molecule has 0 radical (unpaired) electrons. The molecule has 5 nitrogen and oxygen atoms in total. The van der Waals surface area contributed by atoms with E-state index in [0.29, 0.717) is 16.8 Å². The minimum Gasteiger partial charge on any atom is -0.465 e. The smallest absolute Gasteiger partial charge is 0.337 e. The van der Waals surface area contributed by atoms with E-state index in [9.17, 15) is 9.59 Å². The molecule has 1 aromatic heterocycles. The number of ether oxygens (including phenoxy) is 1. The van der Waals surface area contributed by atoms with Crippen LogP contribution in [-0.4, -0.2) is 23.6 Å². The molecule has 0 atom stereocenters. The minimum atomic E-state index is -0.374. The maximum absolute atomic E-state index is 11.5. The van der Waals surface area contributed by atoms with Crippen LogP contribution in [0, 0.1) is 0 Å². The number of fused-ring (bicyclic) bond motifs is 1. The second-order valence-corrected chi connectivity index (χ2v) is 4.99. The van der Waals surface area contributed by atoms with Crippen LogP contribution < -0.4 is 4.80 Å². The average molecular weight is 278 g/mol. The highest BCUT2D eigenvalue weighted by Gasteiger charge is 2.09. The number of carbonyl (C=O) groups is 2. The normalized spacial score (nSPS) is 11.8. The first-order valence-electron chi connectivity index (χ1n) is 5.82. The molecule has 2 aromatic rings. The third-order valence-corrected chi connectivity index (χ3v) is 3.85. The number of thiazole rings is 1. The average Bonchev–Trinajstić information content (AvgIpc) is 2.73. The zero-order valence-electron chi connectivity index (χ0n) is 11.0. The van der Waals surface area contributed by atoms with E-state index in [0.717, 1.165) is 10.2 Å². The van der Waals surface area contributed by atoms with Crippen molar-refractivity contribution in [1.82, 2.24) is 4.57 Å². The first-order chi connectivity index (χ1) is 9.06. The summed E-state index contributed by atoms with van der Waals surface area (Å²) >= 11 is 1.38. The van der Waals surface area contributed by atoms with Crippen LogP contribution in [0.4, 0.5) is 0 Å². The summed E-state index contributed by atoms with van der Waals surface area (Å²) in [6.07, 6.45) is 0.377. The van der Waals surface area contributed by atoms with Crippen LogP contribution in [0.2, 0.25) is 0 Å². The largest absolute Gasteiger partial charge is 0.465 e. The van der Waals surface area contributed by atoms with Gasteiger partial charge in [0.15, 0.2) is 4.80 Å². The number of carbonyl (C=O) groups excluding carboxylic acids is 2. The number of amides is 1. The SMILES string of the molecule is CCC(=O)N=c1sc2cc(C(=O)OC)ccc2n1C. The van der Waals surface area contributed by atoms with Gasteiger partial charge in [-0.3, -0.25) is 4.79 Å². The minimum absolute atomic E-state index is 0.157. The lowest BCUT2D eigenvalue weighted by atomic mass is 10.2. The summed E-state index contributed by atoms with van der Waals surface area (Å²) < 4.78 is 7.42. The molecule has 1 amide bonds. The van der Waals surface area contributed by atoms with E-state index in [1.807, 2.05) is 17.7 Å². The van der Waals surface area contributed by atoms with Gasteiger partial charge in [-0.15, -0.1) is 0 Å². The second-order valence-electron chi connectivity index (χ2n) is 3.98. The van der Waals surface area contributed by atoms with E-state index in [4.69, 9.17) is 0 Å². The molecule has 0 N–H and O–H groups in total. The molecule has 0 aliphatic rings. The molecule has 0 bridgehead atoms. The van der Waals surface area contributed by atoms with Gasteiger partial charge in [-0.05, 0) is 18.2 Å². The third kappa shape index (κ3) is 2.58. The third-order valence-electron chi connectivity index (χ3n) is 2.75. The molecular weight excluding hydrogens is 264 g/mol. The van der Waals surface area contributed by atoms with Crippen LogP contribution in [0.3, 0.4) is 0 Å². The fraction of sp³-hybridized carbons (Fsp3) is 0.308. The summed E-state index contributed by atoms with van der Waals surface area (Å²) in [5.74, 6) is -0.531. The topological polar surface area (TPSA) is 60.7 Å². The highest BCUT2D eigenvalue weighted by atomic mass is 32.1. The summed E-state index contributed by atoms with van der Waals surface area (Å²) in [7, 11) is 3.19. The molecule has 1 heterocycles. The lowest BCUT2D eigenvalue weighted by Gasteiger charge is -1.99. The Morgan fingerprint density at radius 1 is 1.42 bits per heavy atom. The summed E-state index contributed by atoms with van der Waals surface area (Å²) in [4.78, 5) is 27.5. The van der Waals surface area contributed by atoms with Gasteiger partial charge in [0.1, 0.15) is 0 Å². The zero-order chi connectivity index (χ0) is 14.0. The monoisotopic (exact) mass is 278 g/mol. The number of hydrogen-bond acceptors (Lipinski definition) is 4. The fourth-order valence-corrected chi connectivity index (χ4v) is 2.75. The van der Waals surface area contributed by atoms with Gasteiger partial charge in [0.25, 0.3) is 0 Å². The van der Waals surface area contributed by atoms with Gasteiger partial charge in [-0.2, -0.15) is 4.99 Å². The van der Waals surface area contributed by atoms with Gasteiger partial charge in [-0.25, -0.2) is 4.79 Å². The predicted molar refractivity (Wildman–Crippen MR) is 73.0 cm³/mol. The number of methoxy groups -OCH3 is 1. The fourth-order valence-electron chi connectivity index (χ4n) is 1.67. The lowest BCUT2D eigenvalue weighted by molar-refractivity contribution is -0.117. The van der Waals surface area contributed by atoms with Crippen LogP contribution >= 0.6 is 11.3 Å². The Balaban J connectivity index is 2.60. The highest BCUT2D eigenvalue weighted by Crippen LogP contribution is 2.18. The van der Waals surface area contributed by atoms with Crippen molar-refractivity contribution >= 4 is 33.4 Å². The summed E-state index contributed by atoms with van der Waals surface area (Å²) in [5.41, 5.74) is 1.42. The van der Waals surface area contributed by atoms with Crippen LogP contribution in [0.15, 0.2) is 23.2 Å². The van der Waals surface area contributed by atoms with Crippen molar-refractivity contribution in [2.45, 2.75) is 13.3 Å². The molecule has 0 fully saturated rings. The Morgan fingerprint density at radius 3 is 2.79 bits per heavy atom. The number of benzene rings is 1. The maximum atomic E-state index is 11.5. The molecule has 19 heavy (non-hydrogen) atoms. The van der Waals surface area contributed by atoms with E-state index in [1.54, 1.807) is 19.1 Å². The molecule has 2 rings (SSSR count). The molecule has 0 saturated heterocycles. The van der Waals surface area contributed by atoms with Crippen molar-refractivity contribution in [3.8, 4) is 0 Å². The van der Waals surface area contributed by atoms with Crippen LogP contribution in [0.1, 0.15) is 23.7 Å². The zero-order valence-corrected chi connectivity index (χ0v) is 11.8. The quantitative estimate of drug-likeness (QED) is 0.788. The lowest BCUT2D eigenvalue weighted by Crippen LogP contribution is -2.12. The van der Waals surface area contributed by atoms with E-state index < -0.39 is 0 Å². The highest BCUT2D eigenvalue weighted by molar-refractivity contribution is 7.16. The van der Waals surface area contributed by atoms with Crippen molar-refractivity contribution in [2.75, 3.05) is 7.11 Å². The van der Waals surface area contributed by atoms with Gasteiger partial charge in [0, 0.05) is 13.5 Å². The van der Waals surface area contributed by atoms with Gasteiger partial charge in [-0.1, -0.05) is 18.3 Å². The van der Waals surface area contributed by atoms with Gasteiger partial charge < -0.3 is 9.30 Å². The number of hydrogen-bond donors (Lipinski definition) is 0. The van der Waals surface area contributed by atoms with Gasteiger partial charge in [0.2, 0.25) is 5.91 Å². The Hall–Kier alpha value is -1.95. The van der Waals surface area contributed by atoms with Gasteiger partial charge in [0.05, 0.1) is 22.9 Å². The number of aryl methyl sites for hydroxylation is 1. The van der Waals surface area contributed by atoms with Gasteiger partial charge >= 0.3 is 5.97 Å². The van der Waals surface area contributed by atoms with E-state index in [-0.39, 0.29) is 11.9 Å². The van der Waals surface area contributed by atoms with Crippen LogP contribution in [-0.2, 0) is 16.6 Å². The Kier molecular flexibility index (Phi) is 3.80. The van der Waals surface area contributed by atoms with Crippen molar-refractivity contribution in [1.29, 1.82) is 0 Å². The first kappa shape index (κ1) is 13.5. The number of aromatic nitrogens is 1. The molecule has 0 aliphatic heterocycles. The summed E-state index contributed by atoms with van der Waals surface area (Å²) in [6.45, 7) is 1.77. The molecule has 1 aromatic carbocycles. The molecule has 100 valence electrons. The number of esters is 1. The van der Waals surface area contributed by atoms with Crippen molar-refractivity contribution in [2.24, 2.45) is 12.0 Å². The Morgan fingerprint density at radius 2 is 2.16 bits per heavy atom. The van der Waals surface area contributed by atoms with Crippen molar-refractivity contribution in [3.63, 3.8) is 0 Å². The Bertz CT molecular complexity index is 712. The van der Waals surface area contributed by atoms with Crippen LogP contribution in [0.5, 0.6) is 0 Å². The molecule has 0 aliphatic carbocycles. The first-order valence-corrected chi connectivity index (χ1v) is 6.64. The van der Waals surface area contributed by atoms with E-state index in [2.05, 4.69) is 9.73 Å². The van der Waals surface area contributed by atoms with Crippen molar-refractivity contribution < 1.29 is 14.3 Å².